The van der Waals surface area contributed by atoms with Crippen LogP contribution in [0.3, 0.4) is 0 Å². The smallest absolute Gasteiger partial charge is 0.326 e. The molecule has 0 saturated heterocycles. The number of rotatable bonds is 8. The van der Waals surface area contributed by atoms with Gasteiger partial charge < -0.3 is 9.30 Å². The van der Waals surface area contributed by atoms with Gasteiger partial charge in [-0.1, -0.05) is 34.5 Å². The zero-order valence-corrected chi connectivity index (χ0v) is 20.2. The molecule has 1 amide bonds. The zero-order valence-electron chi connectivity index (χ0n) is 17.1. The molecule has 11 heteroatoms. The van der Waals surface area contributed by atoms with Crippen LogP contribution in [0.5, 0.6) is 0 Å². The van der Waals surface area contributed by atoms with Crippen LogP contribution in [0.2, 0.25) is 10.0 Å². The van der Waals surface area contributed by atoms with Crippen molar-refractivity contribution in [3.63, 3.8) is 0 Å². The second-order valence-corrected chi connectivity index (χ2v) is 10.8. The molecule has 0 aliphatic heterocycles. The molecule has 0 saturated carbocycles. The molecule has 7 nitrogen and oxygen atoms in total. The monoisotopic (exact) mass is 514 g/mol. The third-order valence-corrected chi connectivity index (χ3v) is 7.78. The van der Waals surface area contributed by atoms with Crippen molar-refractivity contribution in [2.75, 3.05) is 12.4 Å². The van der Waals surface area contributed by atoms with Gasteiger partial charge in [0, 0.05) is 16.5 Å². The van der Waals surface area contributed by atoms with Crippen molar-refractivity contribution in [3.05, 3.63) is 57.3 Å². The van der Waals surface area contributed by atoms with E-state index in [9.17, 15) is 18.0 Å². The molecule has 3 aromatic rings. The lowest BCUT2D eigenvalue weighted by atomic mass is 10.3. The number of benzene rings is 2. The van der Waals surface area contributed by atoms with Gasteiger partial charge in [-0.05, 0) is 55.8 Å². The Morgan fingerprint density at radius 3 is 2.47 bits per heavy atom. The van der Waals surface area contributed by atoms with Gasteiger partial charge in [-0.15, -0.1) is 0 Å². The molecule has 0 atom stereocenters. The van der Waals surface area contributed by atoms with Crippen molar-refractivity contribution in [2.24, 2.45) is 4.99 Å². The lowest BCUT2D eigenvalue weighted by Crippen LogP contribution is -2.23. The number of carbonyl (C=O) groups excluding carboxylic acids is 2. The summed E-state index contributed by atoms with van der Waals surface area (Å²) in [5.41, 5.74) is 0.698. The topological polar surface area (TPSA) is 94.8 Å². The molecule has 2 aromatic carbocycles. The number of fused-ring (bicyclic) bond motifs is 1. The number of esters is 1. The van der Waals surface area contributed by atoms with E-state index >= 15 is 0 Å². The summed E-state index contributed by atoms with van der Waals surface area (Å²) in [5, 5.41) is 0.964. The number of nitrogens with zero attached hydrogens (tertiary/aromatic N) is 2. The maximum Gasteiger partial charge on any atom is 0.326 e. The fourth-order valence-corrected chi connectivity index (χ4v) is 5.72. The summed E-state index contributed by atoms with van der Waals surface area (Å²) in [5.74, 6) is -1.13. The fourth-order valence-electron chi connectivity index (χ4n) is 2.96. The third-order valence-electron chi connectivity index (χ3n) is 4.43. The Bertz CT molecular complexity index is 1310. The van der Waals surface area contributed by atoms with Gasteiger partial charge in [0.1, 0.15) is 6.54 Å². The number of hydrogen-bond acceptors (Lipinski definition) is 6. The van der Waals surface area contributed by atoms with E-state index in [0.29, 0.717) is 20.4 Å². The summed E-state index contributed by atoms with van der Waals surface area (Å²) in [4.78, 5) is 29.1. The van der Waals surface area contributed by atoms with E-state index in [1.54, 1.807) is 29.7 Å². The van der Waals surface area contributed by atoms with Crippen LogP contribution >= 0.6 is 34.5 Å². The second-order valence-electron chi connectivity index (χ2n) is 6.77. The van der Waals surface area contributed by atoms with E-state index in [-0.39, 0.29) is 36.6 Å². The summed E-state index contributed by atoms with van der Waals surface area (Å²) in [7, 11) is -3.53. The van der Waals surface area contributed by atoms with Crippen LogP contribution in [0.15, 0.2) is 52.4 Å². The highest BCUT2D eigenvalue weighted by Gasteiger charge is 2.16. The SMILES string of the molecule is CCOC(=O)Cn1c(=NC(=O)CCCS(=O)(=O)c2ccc(Cl)cc2)sc2cc(Cl)ccc21. The molecule has 0 N–H and O–H groups in total. The first kappa shape index (κ1) is 24.4. The number of amides is 1. The van der Waals surface area contributed by atoms with Gasteiger partial charge in [0.25, 0.3) is 0 Å². The van der Waals surface area contributed by atoms with Crippen molar-refractivity contribution < 1.29 is 22.7 Å². The van der Waals surface area contributed by atoms with Crippen LogP contribution in [0.25, 0.3) is 10.2 Å². The first-order valence-corrected chi connectivity index (χ1v) is 12.9. The largest absolute Gasteiger partial charge is 0.465 e. The maximum absolute atomic E-state index is 12.5. The summed E-state index contributed by atoms with van der Waals surface area (Å²) >= 11 is 13.1. The Balaban J connectivity index is 1.78. The van der Waals surface area contributed by atoms with Gasteiger partial charge in [0.05, 0.1) is 27.5 Å². The standard InChI is InChI=1S/C21H20Cl2N2O5S2/c1-2-30-20(27)13-25-17-10-7-15(23)12-18(17)31-21(25)24-19(26)4-3-11-32(28,29)16-8-5-14(22)6-9-16/h5-10,12H,2-4,11,13H2,1H3. The molecule has 1 heterocycles. The molecular formula is C21H20Cl2N2O5S2. The molecule has 0 aliphatic rings. The normalized spacial score (nSPS) is 12.3. The minimum absolute atomic E-state index is 0.0543. The second kappa shape index (κ2) is 10.6. The van der Waals surface area contributed by atoms with Crippen molar-refractivity contribution in [1.29, 1.82) is 0 Å². The zero-order chi connectivity index (χ0) is 23.3. The van der Waals surface area contributed by atoms with Crippen molar-refractivity contribution >= 4 is 66.5 Å². The molecule has 0 radical (unpaired) electrons. The van der Waals surface area contributed by atoms with Crippen LogP contribution in [0.1, 0.15) is 19.8 Å². The summed E-state index contributed by atoms with van der Waals surface area (Å²) < 4.78 is 32.2. The molecule has 0 aliphatic carbocycles. The number of carbonyl (C=O) groups is 2. The Morgan fingerprint density at radius 2 is 1.78 bits per heavy atom. The Kier molecular flexibility index (Phi) is 8.10. The number of ether oxygens (including phenoxy) is 1. The predicted octanol–water partition coefficient (Wildman–Crippen LogP) is 4.25. The van der Waals surface area contributed by atoms with Crippen molar-refractivity contribution in [2.45, 2.75) is 31.2 Å². The van der Waals surface area contributed by atoms with Crippen LogP contribution < -0.4 is 4.80 Å². The van der Waals surface area contributed by atoms with Crippen LogP contribution in [0, 0.1) is 0 Å². The number of hydrogen-bond donors (Lipinski definition) is 0. The Labute approximate surface area is 199 Å². The van der Waals surface area contributed by atoms with E-state index in [0.717, 1.165) is 4.70 Å². The van der Waals surface area contributed by atoms with Crippen LogP contribution in [-0.2, 0) is 30.7 Å². The number of sulfone groups is 1. The number of halogens is 2. The molecular weight excluding hydrogens is 495 g/mol. The highest BCUT2D eigenvalue weighted by atomic mass is 35.5. The molecule has 0 spiro atoms. The Hall–Kier alpha value is -2.20. The van der Waals surface area contributed by atoms with E-state index in [4.69, 9.17) is 27.9 Å². The lowest BCUT2D eigenvalue weighted by molar-refractivity contribution is -0.143. The Morgan fingerprint density at radius 1 is 1.09 bits per heavy atom. The molecule has 0 bridgehead atoms. The van der Waals surface area contributed by atoms with E-state index in [2.05, 4.69) is 4.99 Å². The first-order valence-electron chi connectivity index (χ1n) is 9.70. The minimum Gasteiger partial charge on any atom is -0.465 e. The summed E-state index contributed by atoms with van der Waals surface area (Å²) in [6, 6.07) is 11.0. The van der Waals surface area contributed by atoms with E-state index in [1.165, 1.54) is 35.6 Å². The quantitative estimate of drug-likeness (QED) is 0.418. The van der Waals surface area contributed by atoms with Crippen LogP contribution in [-0.4, -0.2) is 37.2 Å². The predicted molar refractivity (Wildman–Crippen MR) is 125 cm³/mol. The highest BCUT2D eigenvalue weighted by molar-refractivity contribution is 7.91. The van der Waals surface area contributed by atoms with Crippen molar-refractivity contribution in [3.8, 4) is 0 Å². The van der Waals surface area contributed by atoms with Crippen molar-refractivity contribution in [1.82, 2.24) is 4.57 Å². The molecule has 32 heavy (non-hydrogen) atoms. The third kappa shape index (κ3) is 6.19. The minimum atomic E-state index is -3.53. The molecule has 1 aromatic heterocycles. The molecule has 170 valence electrons. The molecule has 0 fully saturated rings. The van der Waals surface area contributed by atoms with Gasteiger partial charge >= 0.3 is 5.97 Å². The van der Waals surface area contributed by atoms with Gasteiger partial charge in [-0.3, -0.25) is 9.59 Å². The van der Waals surface area contributed by atoms with Gasteiger partial charge in [0.2, 0.25) is 5.91 Å². The summed E-state index contributed by atoms with van der Waals surface area (Å²) in [6.45, 7) is 1.84. The van der Waals surface area contributed by atoms with E-state index < -0.39 is 21.7 Å². The highest BCUT2D eigenvalue weighted by Crippen LogP contribution is 2.22. The first-order chi connectivity index (χ1) is 15.2. The summed E-state index contributed by atoms with van der Waals surface area (Å²) in [6.07, 6.45) is 0.0587. The average molecular weight is 515 g/mol. The maximum atomic E-state index is 12.5. The van der Waals surface area contributed by atoms with Gasteiger partial charge in [-0.25, -0.2) is 8.42 Å². The number of aromatic nitrogens is 1. The van der Waals surface area contributed by atoms with Gasteiger partial charge in [0.15, 0.2) is 14.6 Å². The average Bonchev–Trinajstić information content (AvgIpc) is 3.04. The molecule has 3 rings (SSSR count). The van der Waals surface area contributed by atoms with E-state index in [1.807, 2.05) is 0 Å². The number of thiazole rings is 1. The fraction of sp³-hybridized carbons (Fsp3) is 0.286. The van der Waals surface area contributed by atoms with Crippen LogP contribution in [0.4, 0.5) is 0 Å². The lowest BCUT2D eigenvalue weighted by Gasteiger charge is -2.05. The molecule has 0 unspecified atom stereocenters. The van der Waals surface area contributed by atoms with Gasteiger partial charge in [-0.2, -0.15) is 4.99 Å².